The van der Waals surface area contributed by atoms with Gasteiger partial charge in [-0.2, -0.15) is 11.8 Å². The Morgan fingerprint density at radius 1 is 1.32 bits per heavy atom. The molecule has 132 valence electrons. The number of thioether (sulfide) groups is 2. The van der Waals surface area contributed by atoms with Gasteiger partial charge < -0.3 is 9.32 Å². The highest BCUT2D eigenvalue weighted by molar-refractivity contribution is 7.99. The number of anilines is 1. The Balaban J connectivity index is 1.71. The molecule has 0 unspecified atom stereocenters. The van der Waals surface area contributed by atoms with Gasteiger partial charge in [-0.25, -0.2) is 0 Å². The number of fused-ring (bicyclic) bond motifs is 1. The number of rotatable bonds is 6. The van der Waals surface area contributed by atoms with Crippen LogP contribution in [0.1, 0.15) is 25.3 Å². The largest absolute Gasteiger partial charge is 0.415 e. The van der Waals surface area contributed by atoms with E-state index in [0.29, 0.717) is 16.9 Å². The summed E-state index contributed by atoms with van der Waals surface area (Å²) in [6.07, 6.45) is 3.72. The molecule has 1 aliphatic heterocycles. The van der Waals surface area contributed by atoms with Crippen LogP contribution in [-0.2, 0) is 16.0 Å². The Labute approximate surface area is 156 Å². The summed E-state index contributed by atoms with van der Waals surface area (Å²) in [6, 6.07) is 8.27. The summed E-state index contributed by atoms with van der Waals surface area (Å²) in [7, 11) is 2.01. The molecular formula is C18H21N3O2S2. The van der Waals surface area contributed by atoms with Gasteiger partial charge in [0.2, 0.25) is 5.89 Å². The molecule has 0 radical (unpaired) electrons. The molecule has 0 aliphatic carbocycles. The highest BCUT2D eigenvalue weighted by Gasteiger charge is 2.38. The van der Waals surface area contributed by atoms with Crippen molar-refractivity contribution in [2.24, 2.45) is 0 Å². The van der Waals surface area contributed by atoms with Crippen LogP contribution in [0.5, 0.6) is 0 Å². The van der Waals surface area contributed by atoms with Gasteiger partial charge in [0.1, 0.15) is 0 Å². The number of aromatic nitrogens is 2. The number of nitrogens with zero attached hydrogens (tertiary/aromatic N) is 3. The number of carbonyl (C=O) groups excluding carboxylic acids is 1. The van der Waals surface area contributed by atoms with Crippen LogP contribution in [0, 0.1) is 0 Å². The van der Waals surface area contributed by atoms with E-state index in [-0.39, 0.29) is 17.0 Å². The van der Waals surface area contributed by atoms with E-state index in [9.17, 15) is 4.79 Å². The molecule has 5 nitrogen and oxygen atoms in total. The fourth-order valence-electron chi connectivity index (χ4n) is 3.06. The van der Waals surface area contributed by atoms with Gasteiger partial charge in [-0.05, 0) is 17.9 Å². The monoisotopic (exact) mass is 375 g/mol. The number of ketones is 1. The number of para-hydroxylation sites is 1. The number of hydrogen-bond acceptors (Lipinski definition) is 7. The van der Waals surface area contributed by atoms with Gasteiger partial charge in [0.05, 0.1) is 11.5 Å². The van der Waals surface area contributed by atoms with Crippen molar-refractivity contribution in [3.63, 3.8) is 0 Å². The van der Waals surface area contributed by atoms with Crippen molar-refractivity contribution in [3.8, 4) is 0 Å². The summed E-state index contributed by atoms with van der Waals surface area (Å²) in [5, 5.41) is 8.36. The first-order valence-corrected chi connectivity index (χ1v) is 10.3. The van der Waals surface area contributed by atoms with Crippen molar-refractivity contribution >= 4 is 35.0 Å². The maximum atomic E-state index is 12.5. The van der Waals surface area contributed by atoms with Gasteiger partial charge in [-0.3, -0.25) is 4.79 Å². The average molecular weight is 376 g/mol. The van der Waals surface area contributed by atoms with Crippen molar-refractivity contribution in [2.75, 3.05) is 24.0 Å². The van der Waals surface area contributed by atoms with Crippen LogP contribution in [0.3, 0.4) is 0 Å². The molecule has 1 aliphatic rings. The zero-order chi connectivity index (χ0) is 18.0. The number of carbonyl (C=O) groups is 1. The molecule has 0 bridgehead atoms. The fourth-order valence-corrected chi connectivity index (χ4v) is 4.03. The van der Waals surface area contributed by atoms with Crippen LogP contribution >= 0.6 is 23.5 Å². The van der Waals surface area contributed by atoms with E-state index >= 15 is 0 Å². The van der Waals surface area contributed by atoms with Crippen molar-refractivity contribution < 1.29 is 9.21 Å². The van der Waals surface area contributed by atoms with Crippen LogP contribution in [-0.4, -0.2) is 35.0 Å². The first-order valence-electron chi connectivity index (χ1n) is 7.96. The average Bonchev–Trinajstić information content (AvgIpc) is 3.11. The minimum Gasteiger partial charge on any atom is -0.415 e. The SMILES string of the molecule is CSCc1nnc(SCC(=O)/C=C2\N(C)c3ccccc3C2(C)C)o1. The van der Waals surface area contributed by atoms with Crippen LogP contribution in [0.4, 0.5) is 5.69 Å². The predicted octanol–water partition coefficient (Wildman–Crippen LogP) is 3.91. The van der Waals surface area contributed by atoms with E-state index in [1.165, 1.54) is 17.3 Å². The molecule has 0 fully saturated rings. The highest BCUT2D eigenvalue weighted by atomic mass is 32.2. The Morgan fingerprint density at radius 3 is 2.80 bits per heavy atom. The molecule has 0 N–H and O–H groups in total. The molecule has 1 aromatic heterocycles. The molecule has 3 rings (SSSR count). The summed E-state index contributed by atoms with van der Waals surface area (Å²) in [5.74, 6) is 1.60. The maximum absolute atomic E-state index is 12.5. The number of likely N-dealkylation sites (N-methyl/N-ethyl adjacent to an activating group) is 1. The third-order valence-corrected chi connectivity index (χ3v) is 5.67. The second-order valence-electron chi connectivity index (χ2n) is 6.38. The van der Waals surface area contributed by atoms with E-state index in [2.05, 4.69) is 41.1 Å². The van der Waals surface area contributed by atoms with E-state index in [0.717, 1.165) is 11.4 Å². The zero-order valence-corrected chi connectivity index (χ0v) is 16.4. The van der Waals surface area contributed by atoms with Crippen molar-refractivity contribution in [3.05, 3.63) is 47.5 Å². The van der Waals surface area contributed by atoms with Crippen LogP contribution in [0.2, 0.25) is 0 Å². The standard InChI is InChI=1S/C18H21N3O2S2/c1-18(2)13-7-5-6-8-14(13)21(3)15(18)9-12(22)10-25-17-20-19-16(23-17)11-24-4/h5-9H,10-11H2,1-4H3/b15-9-. The molecule has 0 spiro atoms. The second kappa shape index (κ2) is 7.25. The lowest BCUT2D eigenvalue weighted by atomic mass is 9.83. The zero-order valence-electron chi connectivity index (χ0n) is 14.8. The second-order valence-corrected chi connectivity index (χ2v) is 8.17. The normalized spacial score (nSPS) is 17.1. The highest BCUT2D eigenvalue weighted by Crippen LogP contribution is 2.46. The molecular weight excluding hydrogens is 354 g/mol. The quantitative estimate of drug-likeness (QED) is 0.560. The Hall–Kier alpha value is -1.73. The third kappa shape index (κ3) is 3.62. The van der Waals surface area contributed by atoms with Crippen LogP contribution in [0.15, 0.2) is 45.7 Å². The van der Waals surface area contributed by atoms with E-state index < -0.39 is 0 Å². The molecule has 2 aromatic rings. The lowest BCUT2D eigenvalue weighted by Crippen LogP contribution is -2.24. The summed E-state index contributed by atoms with van der Waals surface area (Å²) in [6.45, 7) is 4.29. The molecule has 25 heavy (non-hydrogen) atoms. The molecule has 7 heteroatoms. The summed E-state index contributed by atoms with van der Waals surface area (Å²) < 4.78 is 5.49. The topological polar surface area (TPSA) is 59.2 Å². The number of allylic oxidation sites excluding steroid dienone is 2. The molecule has 2 heterocycles. The number of hydrogen-bond donors (Lipinski definition) is 0. The van der Waals surface area contributed by atoms with Crippen LogP contribution in [0.25, 0.3) is 0 Å². The maximum Gasteiger partial charge on any atom is 0.277 e. The minimum atomic E-state index is -0.193. The molecule has 0 saturated heterocycles. The first kappa shape index (κ1) is 18.1. The predicted molar refractivity (Wildman–Crippen MR) is 103 cm³/mol. The van der Waals surface area contributed by atoms with Gasteiger partial charge in [0.15, 0.2) is 5.78 Å². The lowest BCUT2D eigenvalue weighted by molar-refractivity contribution is -0.112. The van der Waals surface area contributed by atoms with Gasteiger partial charge in [0.25, 0.3) is 5.22 Å². The molecule has 0 amide bonds. The van der Waals surface area contributed by atoms with Crippen molar-refractivity contribution in [1.82, 2.24) is 10.2 Å². The smallest absolute Gasteiger partial charge is 0.277 e. The molecule has 0 saturated carbocycles. The number of benzene rings is 1. The summed E-state index contributed by atoms with van der Waals surface area (Å²) >= 11 is 2.90. The van der Waals surface area contributed by atoms with Gasteiger partial charge in [0, 0.05) is 29.9 Å². The molecule has 0 atom stereocenters. The summed E-state index contributed by atoms with van der Waals surface area (Å²) in [4.78, 5) is 14.6. The van der Waals surface area contributed by atoms with E-state index in [1.54, 1.807) is 17.8 Å². The van der Waals surface area contributed by atoms with Crippen molar-refractivity contribution in [1.29, 1.82) is 0 Å². The minimum absolute atomic E-state index is 0.0392. The third-order valence-electron chi connectivity index (χ3n) is 4.29. The first-order chi connectivity index (χ1) is 11.9. The van der Waals surface area contributed by atoms with Crippen molar-refractivity contribution in [2.45, 2.75) is 30.2 Å². The van der Waals surface area contributed by atoms with E-state index in [1.807, 2.05) is 25.4 Å². The van der Waals surface area contributed by atoms with Crippen LogP contribution < -0.4 is 4.90 Å². The Kier molecular flexibility index (Phi) is 5.24. The molecule has 1 aromatic carbocycles. The lowest BCUT2D eigenvalue weighted by Gasteiger charge is -2.23. The van der Waals surface area contributed by atoms with Gasteiger partial charge in [-0.1, -0.05) is 43.8 Å². The van der Waals surface area contributed by atoms with Gasteiger partial charge in [-0.15, -0.1) is 10.2 Å². The fraction of sp³-hybridized carbons (Fsp3) is 0.389. The Bertz CT molecular complexity index is 814. The Morgan fingerprint density at radius 2 is 2.08 bits per heavy atom. The van der Waals surface area contributed by atoms with Gasteiger partial charge >= 0.3 is 0 Å². The van der Waals surface area contributed by atoms with E-state index in [4.69, 9.17) is 4.42 Å². The summed E-state index contributed by atoms with van der Waals surface area (Å²) in [5.41, 5.74) is 3.20.